The molecule has 5 heteroatoms. The van der Waals surface area contributed by atoms with Crippen molar-refractivity contribution in [3.63, 3.8) is 0 Å². The third kappa shape index (κ3) is 2.39. The zero-order chi connectivity index (χ0) is 10.0. The molecule has 1 nitrogen and oxygen atoms in total. The van der Waals surface area contributed by atoms with Crippen LogP contribution in [0.4, 0.5) is 8.78 Å². The largest absolute Gasteiger partial charge is 0.387 e. The van der Waals surface area contributed by atoms with E-state index in [0.717, 1.165) is 12.1 Å². The number of halogens is 4. The van der Waals surface area contributed by atoms with Crippen LogP contribution >= 0.6 is 27.5 Å². The molecule has 0 saturated carbocycles. The fourth-order valence-corrected chi connectivity index (χ4v) is 1.50. The minimum atomic E-state index is -1.02. The Balaban J connectivity index is 3.15. The summed E-state index contributed by atoms with van der Waals surface area (Å²) in [6.45, 7) is 0. The van der Waals surface area contributed by atoms with E-state index in [1.165, 1.54) is 0 Å². The first kappa shape index (κ1) is 10.9. The fourth-order valence-electron chi connectivity index (χ4n) is 0.876. The maximum absolute atomic E-state index is 12.7. The molecule has 1 unspecified atom stereocenters. The predicted octanol–water partition coefficient (Wildman–Crippen LogP) is 3.05. The normalized spacial score (nSPS) is 13.0. The van der Waals surface area contributed by atoms with Crippen molar-refractivity contribution < 1.29 is 13.9 Å². The van der Waals surface area contributed by atoms with E-state index in [1.807, 2.05) is 0 Å². The van der Waals surface area contributed by atoms with Gasteiger partial charge in [-0.15, -0.1) is 0 Å². The van der Waals surface area contributed by atoms with E-state index in [0.29, 0.717) is 0 Å². The second kappa shape index (κ2) is 4.35. The summed E-state index contributed by atoms with van der Waals surface area (Å²) in [5, 5.41) is 9.54. The molecule has 0 saturated heterocycles. The average molecular weight is 271 g/mol. The van der Waals surface area contributed by atoms with Gasteiger partial charge in [0.05, 0.1) is 6.10 Å². The molecule has 0 aliphatic heterocycles. The molecule has 1 atom stereocenters. The third-order valence-electron chi connectivity index (χ3n) is 1.54. The number of rotatable bonds is 2. The van der Waals surface area contributed by atoms with Gasteiger partial charge in [-0.2, -0.15) is 0 Å². The number of aliphatic hydroxyl groups excluding tert-OH is 1. The van der Waals surface area contributed by atoms with Crippen LogP contribution in [-0.2, 0) is 0 Å². The Hall–Kier alpha value is -0.190. The zero-order valence-electron chi connectivity index (χ0n) is 6.40. The fraction of sp³-hybridized carbons (Fsp3) is 0.250. The van der Waals surface area contributed by atoms with Gasteiger partial charge in [-0.1, -0.05) is 27.5 Å². The first-order valence-electron chi connectivity index (χ1n) is 3.44. The van der Waals surface area contributed by atoms with E-state index < -0.39 is 17.7 Å². The molecule has 0 fully saturated rings. The first-order chi connectivity index (χ1) is 6.06. The molecule has 0 bridgehead atoms. The number of aliphatic hydroxyl groups is 1. The second-order valence-electron chi connectivity index (χ2n) is 2.46. The minimum Gasteiger partial charge on any atom is -0.387 e. The van der Waals surface area contributed by atoms with Crippen LogP contribution in [-0.4, -0.2) is 10.4 Å². The summed E-state index contributed by atoms with van der Waals surface area (Å²) in [6, 6.07) is 1.74. The van der Waals surface area contributed by atoms with E-state index in [1.54, 1.807) is 0 Å². The van der Waals surface area contributed by atoms with Crippen LogP contribution in [0.25, 0.3) is 0 Å². The summed E-state index contributed by atoms with van der Waals surface area (Å²) in [4.78, 5) is 0. The van der Waals surface area contributed by atoms with Crippen molar-refractivity contribution in [2.45, 2.75) is 6.10 Å². The van der Waals surface area contributed by atoms with E-state index in [4.69, 9.17) is 11.6 Å². The molecule has 1 N–H and O–H groups in total. The van der Waals surface area contributed by atoms with Crippen LogP contribution in [0.1, 0.15) is 11.7 Å². The van der Waals surface area contributed by atoms with Crippen LogP contribution in [0.3, 0.4) is 0 Å². The maximum Gasteiger partial charge on any atom is 0.160 e. The Morgan fingerprint density at radius 2 is 1.92 bits per heavy atom. The molecule has 0 aliphatic carbocycles. The van der Waals surface area contributed by atoms with Crippen LogP contribution in [0.15, 0.2) is 12.1 Å². The van der Waals surface area contributed by atoms with Gasteiger partial charge in [-0.3, -0.25) is 0 Å². The Morgan fingerprint density at radius 1 is 1.38 bits per heavy atom. The highest BCUT2D eigenvalue weighted by Gasteiger charge is 2.14. The lowest BCUT2D eigenvalue weighted by atomic mass is 10.1. The van der Waals surface area contributed by atoms with Gasteiger partial charge in [0.15, 0.2) is 11.6 Å². The monoisotopic (exact) mass is 270 g/mol. The number of alkyl halides is 1. The van der Waals surface area contributed by atoms with Gasteiger partial charge in [-0.05, 0) is 12.1 Å². The predicted molar refractivity (Wildman–Crippen MR) is 50.1 cm³/mol. The average Bonchev–Trinajstić information content (AvgIpc) is 2.10. The summed E-state index contributed by atoms with van der Waals surface area (Å²) in [5.41, 5.74) is 0.178. The topological polar surface area (TPSA) is 20.2 Å². The van der Waals surface area contributed by atoms with Crippen LogP contribution in [0.5, 0.6) is 0 Å². The molecule has 0 heterocycles. The smallest absolute Gasteiger partial charge is 0.160 e. The molecule has 0 radical (unpaired) electrons. The lowest BCUT2D eigenvalue weighted by Crippen LogP contribution is -2.01. The van der Waals surface area contributed by atoms with Crippen molar-refractivity contribution in [3.05, 3.63) is 34.4 Å². The minimum absolute atomic E-state index is 0.0193. The van der Waals surface area contributed by atoms with Gasteiger partial charge in [0.1, 0.15) is 0 Å². The number of benzene rings is 1. The lowest BCUT2D eigenvalue weighted by molar-refractivity contribution is 0.205. The highest BCUT2D eigenvalue weighted by atomic mass is 79.9. The molecule has 1 aromatic carbocycles. The maximum atomic E-state index is 12.7. The molecular formula is C8H6BrClF2O. The molecule has 1 rings (SSSR count). The van der Waals surface area contributed by atoms with E-state index in [9.17, 15) is 13.9 Å². The van der Waals surface area contributed by atoms with Crippen molar-refractivity contribution in [3.8, 4) is 0 Å². The highest BCUT2D eigenvalue weighted by molar-refractivity contribution is 9.09. The third-order valence-corrected chi connectivity index (χ3v) is 2.49. The Kier molecular flexibility index (Phi) is 3.64. The molecule has 0 aromatic heterocycles. The molecule has 0 amide bonds. The number of hydrogen-bond acceptors (Lipinski definition) is 1. The molecule has 0 aliphatic rings. The number of hydrogen-bond donors (Lipinski definition) is 1. The zero-order valence-corrected chi connectivity index (χ0v) is 8.74. The Labute approximate surface area is 87.5 Å². The van der Waals surface area contributed by atoms with E-state index in [2.05, 4.69) is 15.9 Å². The second-order valence-corrected chi connectivity index (χ2v) is 3.51. The van der Waals surface area contributed by atoms with E-state index >= 15 is 0 Å². The lowest BCUT2D eigenvalue weighted by Gasteiger charge is -2.09. The van der Waals surface area contributed by atoms with Gasteiger partial charge in [0, 0.05) is 15.9 Å². The SMILES string of the molecule is OC(CBr)c1cc(F)c(F)cc1Cl. The van der Waals surface area contributed by atoms with Crippen molar-refractivity contribution in [1.29, 1.82) is 0 Å². The molecule has 72 valence electrons. The molecule has 13 heavy (non-hydrogen) atoms. The first-order valence-corrected chi connectivity index (χ1v) is 4.94. The Morgan fingerprint density at radius 3 is 2.46 bits per heavy atom. The van der Waals surface area contributed by atoms with Crippen molar-refractivity contribution in [1.82, 2.24) is 0 Å². The van der Waals surface area contributed by atoms with Gasteiger partial charge in [0.25, 0.3) is 0 Å². The van der Waals surface area contributed by atoms with Crippen molar-refractivity contribution in [2.75, 3.05) is 5.33 Å². The highest BCUT2D eigenvalue weighted by Crippen LogP contribution is 2.26. The van der Waals surface area contributed by atoms with Crippen molar-refractivity contribution >= 4 is 27.5 Å². The summed E-state index contributed by atoms with van der Waals surface area (Å²) in [5.74, 6) is -2.03. The molecular weight excluding hydrogens is 265 g/mol. The van der Waals surface area contributed by atoms with Gasteiger partial charge >= 0.3 is 0 Å². The quantitative estimate of drug-likeness (QED) is 0.647. The van der Waals surface area contributed by atoms with Crippen molar-refractivity contribution in [2.24, 2.45) is 0 Å². The summed E-state index contributed by atoms with van der Waals surface area (Å²) in [6.07, 6.45) is -0.928. The van der Waals surface area contributed by atoms with Gasteiger partial charge < -0.3 is 5.11 Å². The van der Waals surface area contributed by atoms with Crippen LogP contribution in [0, 0.1) is 11.6 Å². The summed E-state index contributed by atoms with van der Waals surface area (Å²) in [7, 11) is 0. The summed E-state index contributed by atoms with van der Waals surface area (Å²) >= 11 is 8.59. The summed E-state index contributed by atoms with van der Waals surface area (Å²) < 4.78 is 25.3. The van der Waals surface area contributed by atoms with Crippen LogP contribution in [0.2, 0.25) is 5.02 Å². The molecule has 0 spiro atoms. The van der Waals surface area contributed by atoms with E-state index in [-0.39, 0.29) is 15.9 Å². The van der Waals surface area contributed by atoms with Gasteiger partial charge in [-0.25, -0.2) is 8.78 Å². The standard InChI is InChI=1S/C8H6BrClF2O/c9-3-8(13)4-1-6(11)7(12)2-5(4)10/h1-2,8,13H,3H2. The van der Waals surface area contributed by atoms with Crippen LogP contribution < -0.4 is 0 Å². The Bertz CT molecular complexity index is 319. The molecule has 1 aromatic rings. The van der Waals surface area contributed by atoms with Gasteiger partial charge in [0.2, 0.25) is 0 Å².